The lowest BCUT2D eigenvalue weighted by atomic mass is 9.90. The van der Waals surface area contributed by atoms with Crippen LogP contribution in [0.5, 0.6) is 5.75 Å². The summed E-state index contributed by atoms with van der Waals surface area (Å²) in [7, 11) is 0. The number of aliphatic carboxylic acids is 1. The quantitative estimate of drug-likeness (QED) is 0.878. The molecule has 0 atom stereocenters. The van der Waals surface area contributed by atoms with Crippen LogP contribution < -0.4 is 0 Å². The van der Waals surface area contributed by atoms with Crippen LogP contribution in [-0.2, 0) is 10.2 Å². The monoisotopic (exact) mass is 284 g/mol. The Hall–Kier alpha value is -1.03. The van der Waals surface area contributed by atoms with Crippen molar-refractivity contribution in [3.05, 3.63) is 27.2 Å². The van der Waals surface area contributed by atoms with Gasteiger partial charge in [0.1, 0.15) is 5.75 Å². The van der Waals surface area contributed by atoms with Crippen LogP contribution in [0.1, 0.15) is 29.5 Å². The van der Waals surface area contributed by atoms with Crippen molar-refractivity contribution in [2.45, 2.75) is 32.1 Å². The zero-order chi connectivity index (χ0) is 12.1. The Labute approximate surface area is 102 Å². The lowest BCUT2D eigenvalue weighted by Gasteiger charge is -2.18. The fourth-order valence-corrected chi connectivity index (χ4v) is 3.23. The van der Waals surface area contributed by atoms with E-state index in [1.165, 1.54) is 0 Å². The van der Waals surface area contributed by atoms with E-state index in [1.807, 2.05) is 0 Å². The minimum absolute atomic E-state index is 0.200. The number of carboxylic acids is 1. The van der Waals surface area contributed by atoms with E-state index >= 15 is 0 Å². The number of carboxylic acid groups (broad SMARTS) is 1. The summed E-state index contributed by atoms with van der Waals surface area (Å²) in [5.41, 5.74) is 1.37. The van der Waals surface area contributed by atoms with Gasteiger partial charge in [0, 0.05) is 4.47 Å². The summed E-state index contributed by atoms with van der Waals surface area (Å²) in [5.74, 6) is -0.606. The van der Waals surface area contributed by atoms with E-state index in [4.69, 9.17) is 0 Å². The maximum Gasteiger partial charge on any atom is 0.314 e. The van der Waals surface area contributed by atoms with Crippen LogP contribution in [0.15, 0.2) is 10.5 Å². The Morgan fingerprint density at radius 1 is 1.44 bits per heavy atom. The molecule has 1 aromatic rings. The molecule has 2 N–H and O–H groups in total. The van der Waals surface area contributed by atoms with Gasteiger partial charge in [-0.15, -0.1) is 0 Å². The number of rotatable bonds is 2. The van der Waals surface area contributed by atoms with Crippen molar-refractivity contribution in [3.63, 3.8) is 0 Å². The van der Waals surface area contributed by atoms with Gasteiger partial charge in [0.15, 0.2) is 0 Å². The van der Waals surface area contributed by atoms with E-state index in [9.17, 15) is 15.0 Å². The minimum atomic E-state index is -0.806. The standard InChI is InChI=1S/C12H13BrO3/c1-6-5-8(13)9(7(2)10(6)14)12(3-4-12)11(15)16/h5,14H,3-4H2,1-2H3,(H,15,16). The molecule has 1 saturated carbocycles. The summed E-state index contributed by atoms with van der Waals surface area (Å²) in [6, 6.07) is 1.78. The molecule has 2 rings (SSSR count). The second-order valence-corrected chi connectivity index (χ2v) is 5.27. The van der Waals surface area contributed by atoms with Gasteiger partial charge >= 0.3 is 5.97 Å². The molecule has 0 heterocycles. The van der Waals surface area contributed by atoms with E-state index in [2.05, 4.69) is 15.9 Å². The number of aromatic hydroxyl groups is 1. The first-order chi connectivity index (χ1) is 7.40. The van der Waals surface area contributed by atoms with Gasteiger partial charge in [-0.2, -0.15) is 0 Å². The average Bonchev–Trinajstić information content (AvgIpc) is 2.96. The van der Waals surface area contributed by atoms with Crippen molar-refractivity contribution in [1.82, 2.24) is 0 Å². The van der Waals surface area contributed by atoms with Crippen LogP contribution in [0, 0.1) is 13.8 Å². The highest BCUT2D eigenvalue weighted by atomic mass is 79.9. The summed E-state index contributed by atoms with van der Waals surface area (Å²) >= 11 is 3.40. The van der Waals surface area contributed by atoms with Crippen LogP contribution in [0.2, 0.25) is 0 Å². The SMILES string of the molecule is Cc1cc(Br)c(C2(C(=O)O)CC2)c(C)c1O. The maximum atomic E-state index is 11.3. The van der Waals surface area contributed by atoms with Crippen molar-refractivity contribution >= 4 is 21.9 Å². The number of hydrogen-bond donors (Lipinski definition) is 2. The zero-order valence-electron chi connectivity index (χ0n) is 9.17. The molecule has 0 radical (unpaired) electrons. The molecule has 0 saturated heterocycles. The average molecular weight is 285 g/mol. The normalized spacial score (nSPS) is 17.2. The molecule has 16 heavy (non-hydrogen) atoms. The molecule has 3 nitrogen and oxygen atoms in total. The molecule has 4 heteroatoms. The van der Waals surface area contributed by atoms with E-state index < -0.39 is 11.4 Å². The zero-order valence-corrected chi connectivity index (χ0v) is 10.8. The van der Waals surface area contributed by atoms with Crippen LogP contribution in [-0.4, -0.2) is 16.2 Å². The second-order valence-electron chi connectivity index (χ2n) is 4.41. The number of hydrogen-bond acceptors (Lipinski definition) is 2. The molecule has 1 aromatic carbocycles. The Balaban J connectivity index is 2.67. The number of carbonyl (C=O) groups is 1. The van der Waals surface area contributed by atoms with Crippen molar-refractivity contribution < 1.29 is 15.0 Å². The third-order valence-electron chi connectivity index (χ3n) is 3.32. The lowest BCUT2D eigenvalue weighted by Crippen LogP contribution is -2.21. The third-order valence-corrected chi connectivity index (χ3v) is 3.95. The summed E-state index contributed by atoms with van der Waals surface area (Å²) in [4.78, 5) is 11.3. The Morgan fingerprint density at radius 2 is 2.00 bits per heavy atom. The van der Waals surface area contributed by atoms with Gasteiger partial charge in [0.25, 0.3) is 0 Å². The number of phenolic OH excluding ortho intramolecular Hbond substituents is 1. The summed E-state index contributed by atoms with van der Waals surface area (Å²) in [5, 5.41) is 19.1. The largest absolute Gasteiger partial charge is 0.507 e. The molecule has 0 aromatic heterocycles. The van der Waals surface area contributed by atoms with Crippen LogP contribution in [0.3, 0.4) is 0 Å². The third kappa shape index (κ3) is 1.44. The van der Waals surface area contributed by atoms with Gasteiger partial charge in [0.2, 0.25) is 0 Å². The Morgan fingerprint density at radius 3 is 2.44 bits per heavy atom. The van der Waals surface area contributed by atoms with E-state index in [0.29, 0.717) is 18.4 Å². The molecule has 1 aliphatic rings. The molecule has 0 bridgehead atoms. The van der Waals surface area contributed by atoms with E-state index in [0.717, 1.165) is 15.6 Å². The van der Waals surface area contributed by atoms with Crippen molar-refractivity contribution in [2.75, 3.05) is 0 Å². The van der Waals surface area contributed by atoms with Crippen LogP contribution in [0.4, 0.5) is 0 Å². The van der Waals surface area contributed by atoms with Crippen LogP contribution in [0.25, 0.3) is 0 Å². The van der Waals surface area contributed by atoms with Gasteiger partial charge in [-0.3, -0.25) is 4.79 Å². The smallest absolute Gasteiger partial charge is 0.314 e. The number of benzene rings is 1. The molecular formula is C12H13BrO3. The fourth-order valence-electron chi connectivity index (χ4n) is 2.21. The first-order valence-electron chi connectivity index (χ1n) is 5.12. The molecule has 0 spiro atoms. The number of phenols is 1. The Bertz CT molecular complexity index is 476. The van der Waals surface area contributed by atoms with Gasteiger partial charge in [-0.25, -0.2) is 0 Å². The number of halogens is 1. The predicted octanol–water partition coefficient (Wildman–Crippen LogP) is 2.89. The van der Waals surface area contributed by atoms with Gasteiger partial charge in [-0.1, -0.05) is 15.9 Å². The van der Waals surface area contributed by atoms with Crippen LogP contribution >= 0.6 is 15.9 Å². The maximum absolute atomic E-state index is 11.3. The predicted molar refractivity (Wildman–Crippen MR) is 63.8 cm³/mol. The van der Waals surface area contributed by atoms with Gasteiger partial charge in [0.05, 0.1) is 5.41 Å². The summed E-state index contributed by atoms with van der Waals surface area (Å²) < 4.78 is 0.778. The molecule has 0 aliphatic heterocycles. The first kappa shape index (κ1) is 11.5. The van der Waals surface area contributed by atoms with Crippen molar-refractivity contribution in [2.24, 2.45) is 0 Å². The highest BCUT2D eigenvalue weighted by Crippen LogP contribution is 2.53. The number of aryl methyl sites for hydroxylation is 1. The van der Waals surface area contributed by atoms with Gasteiger partial charge < -0.3 is 10.2 Å². The topological polar surface area (TPSA) is 57.5 Å². The second kappa shape index (κ2) is 3.48. The van der Waals surface area contributed by atoms with E-state index in [-0.39, 0.29) is 5.75 Å². The molecule has 1 aliphatic carbocycles. The highest BCUT2D eigenvalue weighted by molar-refractivity contribution is 9.10. The fraction of sp³-hybridized carbons (Fsp3) is 0.417. The molecule has 1 fully saturated rings. The summed E-state index contributed by atoms with van der Waals surface area (Å²) in [6.07, 6.45) is 1.29. The first-order valence-corrected chi connectivity index (χ1v) is 5.92. The minimum Gasteiger partial charge on any atom is -0.507 e. The molecule has 0 unspecified atom stereocenters. The lowest BCUT2D eigenvalue weighted by molar-refractivity contribution is -0.140. The van der Waals surface area contributed by atoms with Crippen molar-refractivity contribution in [1.29, 1.82) is 0 Å². The van der Waals surface area contributed by atoms with Gasteiger partial charge in [-0.05, 0) is 49.4 Å². The molecule has 86 valence electrons. The van der Waals surface area contributed by atoms with Crippen molar-refractivity contribution in [3.8, 4) is 5.75 Å². The molecular weight excluding hydrogens is 272 g/mol. The summed E-state index contributed by atoms with van der Waals surface area (Å²) in [6.45, 7) is 3.57. The highest BCUT2D eigenvalue weighted by Gasteiger charge is 2.53. The Kier molecular flexibility index (Phi) is 2.49. The van der Waals surface area contributed by atoms with E-state index in [1.54, 1.807) is 19.9 Å². The molecule has 0 amide bonds.